The number of hydrogen-bond acceptors (Lipinski definition) is 4. The van der Waals surface area contributed by atoms with E-state index in [9.17, 15) is 8.42 Å². The lowest BCUT2D eigenvalue weighted by Crippen LogP contribution is -2.15. The lowest BCUT2D eigenvalue weighted by atomic mass is 10.1. The standard InChI is InChI=1S/C15H19N3O2S/c1-10-3-5-12(6-4-10)9-18-14-7-13(16)8-15(11(14)2)21(17,19)20/h3-8,18H,9,16H2,1-2H3,(H2,17,19,20). The summed E-state index contributed by atoms with van der Waals surface area (Å²) >= 11 is 0. The molecule has 0 saturated heterocycles. The van der Waals surface area contributed by atoms with E-state index in [1.54, 1.807) is 13.0 Å². The molecule has 5 N–H and O–H groups in total. The Morgan fingerprint density at radius 3 is 2.29 bits per heavy atom. The van der Waals surface area contributed by atoms with Gasteiger partial charge in [0.1, 0.15) is 0 Å². The molecule has 2 rings (SSSR count). The molecule has 0 heterocycles. The van der Waals surface area contributed by atoms with Gasteiger partial charge in [0.05, 0.1) is 4.90 Å². The molecular weight excluding hydrogens is 286 g/mol. The second kappa shape index (κ2) is 5.75. The van der Waals surface area contributed by atoms with Gasteiger partial charge in [-0.25, -0.2) is 13.6 Å². The van der Waals surface area contributed by atoms with Gasteiger partial charge in [0, 0.05) is 17.9 Å². The van der Waals surface area contributed by atoms with E-state index in [2.05, 4.69) is 5.32 Å². The minimum absolute atomic E-state index is 0.0499. The number of benzene rings is 2. The zero-order valence-electron chi connectivity index (χ0n) is 12.1. The molecule has 0 spiro atoms. The van der Waals surface area contributed by atoms with Gasteiger partial charge in [-0.05, 0) is 37.1 Å². The fourth-order valence-electron chi connectivity index (χ4n) is 2.09. The Kier molecular flexibility index (Phi) is 4.20. The summed E-state index contributed by atoms with van der Waals surface area (Å²) in [6.45, 7) is 4.31. The Bertz CT molecular complexity index is 753. The van der Waals surface area contributed by atoms with E-state index in [0.29, 0.717) is 23.5 Å². The average molecular weight is 305 g/mol. The molecule has 5 nitrogen and oxygen atoms in total. The molecule has 0 saturated carbocycles. The van der Waals surface area contributed by atoms with Crippen LogP contribution in [0.4, 0.5) is 11.4 Å². The maximum atomic E-state index is 11.6. The summed E-state index contributed by atoms with van der Waals surface area (Å²) in [4.78, 5) is 0.0499. The van der Waals surface area contributed by atoms with E-state index in [1.165, 1.54) is 11.6 Å². The Hall–Kier alpha value is -2.05. The smallest absolute Gasteiger partial charge is 0.238 e. The van der Waals surface area contributed by atoms with Crippen LogP contribution < -0.4 is 16.2 Å². The van der Waals surface area contributed by atoms with Crippen molar-refractivity contribution in [3.05, 3.63) is 53.1 Å². The van der Waals surface area contributed by atoms with Crippen molar-refractivity contribution < 1.29 is 8.42 Å². The molecule has 6 heteroatoms. The van der Waals surface area contributed by atoms with E-state index < -0.39 is 10.0 Å². The Morgan fingerprint density at radius 2 is 1.71 bits per heavy atom. The SMILES string of the molecule is Cc1ccc(CNc2cc(N)cc(S(N)(=O)=O)c2C)cc1. The molecule has 21 heavy (non-hydrogen) atoms. The highest BCUT2D eigenvalue weighted by Crippen LogP contribution is 2.26. The van der Waals surface area contributed by atoms with Crippen LogP contribution in [0.1, 0.15) is 16.7 Å². The fourth-order valence-corrected chi connectivity index (χ4v) is 2.93. The molecule has 2 aromatic carbocycles. The van der Waals surface area contributed by atoms with E-state index in [4.69, 9.17) is 10.9 Å². The molecular formula is C15H19N3O2S. The average Bonchev–Trinajstić information content (AvgIpc) is 2.40. The first kappa shape index (κ1) is 15.3. The third-order valence-electron chi connectivity index (χ3n) is 3.29. The van der Waals surface area contributed by atoms with Crippen molar-refractivity contribution >= 4 is 21.4 Å². The summed E-state index contributed by atoms with van der Waals surface area (Å²) < 4.78 is 23.1. The summed E-state index contributed by atoms with van der Waals surface area (Å²) in [5, 5.41) is 8.41. The first-order valence-corrected chi connectivity index (χ1v) is 8.04. The fraction of sp³-hybridized carbons (Fsp3) is 0.200. The number of nitrogens with one attached hydrogen (secondary N) is 1. The zero-order valence-corrected chi connectivity index (χ0v) is 12.9. The molecule has 0 radical (unpaired) electrons. The monoisotopic (exact) mass is 305 g/mol. The van der Waals surface area contributed by atoms with Gasteiger partial charge < -0.3 is 11.1 Å². The molecule has 2 aromatic rings. The van der Waals surface area contributed by atoms with Crippen molar-refractivity contribution in [2.45, 2.75) is 25.3 Å². The van der Waals surface area contributed by atoms with Crippen molar-refractivity contribution in [2.75, 3.05) is 11.1 Å². The van der Waals surface area contributed by atoms with Crippen LogP contribution in [0.3, 0.4) is 0 Å². The van der Waals surface area contributed by atoms with Crippen LogP contribution in [0, 0.1) is 13.8 Å². The molecule has 0 fully saturated rings. The Balaban J connectivity index is 2.28. The topological polar surface area (TPSA) is 98.2 Å². The second-order valence-corrected chi connectivity index (χ2v) is 6.61. The van der Waals surface area contributed by atoms with Gasteiger partial charge in [-0.1, -0.05) is 29.8 Å². The number of primary sulfonamides is 1. The molecule has 0 unspecified atom stereocenters. The van der Waals surface area contributed by atoms with Gasteiger partial charge >= 0.3 is 0 Å². The second-order valence-electron chi connectivity index (χ2n) is 5.08. The number of anilines is 2. The summed E-state index contributed by atoms with van der Waals surface area (Å²) in [5.74, 6) is 0. The maximum absolute atomic E-state index is 11.6. The van der Waals surface area contributed by atoms with Crippen molar-refractivity contribution in [1.82, 2.24) is 0 Å². The van der Waals surface area contributed by atoms with Crippen LogP contribution >= 0.6 is 0 Å². The summed E-state index contributed by atoms with van der Waals surface area (Å²) in [6, 6.07) is 11.2. The molecule has 0 bridgehead atoms. The van der Waals surface area contributed by atoms with Crippen LogP contribution in [-0.2, 0) is 16.6 Å². The quantitative estimate of drug-likeness (QED) is 0.754. The van der Waals surface area contributed by atoms with Crippen LogP contribution in [0.15, 0.2) is 41.3 Å². The molecule has 0 aliphatic carbocycles. The van der Waals surface area contributed by atoms with E-state index in [-0.39, 0.29) is 4.90 Å². The normalized spacial score (nSPS) is 11.4. The number of nitrogen functional groups attached to an aromatic ring is 1. The van der Waals surface area contributed by atoms with Gasteiger partial charge in [0.15, 0.2) is 0 Å². The molecule has 112 valence electrons. The van der Waals surface area contributed by atoms with Gasteiger partial charge in [0.25, 0.3) is 0 Å². The predicted molar refractivity (Wildman–Crippen MR) is 85.5 cm³/mol. The Morgan fingerprint density at radius 1 is 1.10 bits per heavy atom. The summed E-state index contributed by atoms with van der Waals surface area (Å²) in [6.07, 6.45) is 0. The van der Waals surface area contributed by atoms with Crippen LogP contribution in [0.2, 0.25) is 0 Å². The molecule has 0 amide bonds. The third-order valence-corrected chi connectivity index (χ3v) is 4.33. The van der Waals surface area contributed by atoms with Crippen molar-refractivity contribution in [3.8, 4) is 0 Å². The third kappa shape index (κ3) is 3.74. The molecule has 0 aromatic heterocycles. The number of rotatable bonds is 4. The number of sulfonamides is 1. The molecule has 0 aliphatic rings. The van der Waals surface area contributed by atoms with Gasteiger partial charge in [-0.15, -0.1) is 0 Å². The Labute approximate surface area is 125 Å². The highest BCUT2D eigenvalue weighted by atomic mass is 32.2. The first-order valence-electron chi connectivity index (χ1n) is 6.50. The van der Waals surface area contributed by atoms with Gasteiger partial charge in [-0.2, -0.15) is 0 Å². The lowest BCUT2D eigenvalue weighted by molar-refractivity contribution is 0.597. The lowest BCUT2D eigenvalue weighted by Gasteiger charge is -2.14. The van der Waals surface area contributed by atoms with E-state index in [0.717, 1.165) is 5.56 Å². The van der Waals surface area contributed by atoms with Crippen LogP contribution in [0.5, 0.6) is 0 Å². The molecule has 0 atom stereocenters. The minimum Gasteiger partial charge on any atom is -0.399 e. The highest BCUT2D eigenvalue weighted by Gasteiger charge is 2.15. The van der Waals surface area contributed by atoms with Crippen LogP contribution in [-0.4, -0.2) is 8.42 Å². The van der Waals surface area contributed by atoms with Gasteiger partial charge in [0.2, 0.25) is 10.0 Å². The number of nitrogens with two attached hydrogens (primary N) is 2. The zero-order chi connectivity index (χ0) is 15.6. The number of hydrogen-bond donors (Lipinski definition) is 3. The van der Waals surface area contributed by atoms with Crippen molar-refractivity contribution in [3.63, 3.8) is 0 Å². The van der Waals surface area contributed by atoms with E-state index >= 15 is 0 Å². The van der Waals surface area contributed by atoms with Crippen molar-refractivity contribution in [2.24, 2.45) is 5.14 Å². The minimum atomic E-state index is -3.79. The van der Waals surface area contributed by atoms with Crippen LogP contribution in [0.25, 0.3) is 0 Å². The largest absolute Gasteiger partial charge is 0.399 e. The predicted octanol–water partition coefficient (Wildman–Crippen LogP) is 2.15. The number of aryl methyl sites for hydroxylation is 1. The molecule has 0 aliphatic heterocycles. The summed E-state index contributed by atoms with van der Waals surface area (Å²) in [7, 11) is -3.79. The van der Waals surface area contributed by atoms with E-state index in [1.807, 2.05) is 31.2 Å². The summed E-state index contributed by atoms with van der Waals surface area (Å²) in [5.41, 5.74) is 9.63. The van der Waals surface area contributed by atoms with Gasteiger partial charge in [-0.3, -0.25) is 0 Å². The first-order chi connectivity index (χ1) is 9.77. The van der Waals surface area contributed by atoms with Crippen molar-refractivity contribution in [1.29, 1.82) is 0 Å². The highest BCUT2D eigenvalue weighted by molar-refractivity contribution is 7.89. The maximum Gasteiger partial charge on any atom is 0.238 e.